The minimum absolute atomic E-state index is 0.115. The number of hydrogen-bond donors (Lipinski definition) is 6. The van der Waals surface area contributed by atoms with Crippen molar-refractivity contribution in [2.24, 2.45) is 5.73 Å². The van der Waals surface area contributed by atoms with Crippen molar-refractivity contribution >= 4 is 11.7 Å². The Morgan fingerprint density at radius 2 is 2.15 bits per heavy atom. The quantitative estimate of drug-likeness (QED) is 0.333. The van der Waals surface area contributed by atoms with Crippen LogP contribution in [0.4, 0.5) is 5.82 Å². The summed E-state index contributed by atoms with van der Waals surface area (Å²) in [6.07, 6.45) is -3.84. The van der Waals surface area contributed by atoms with Gasteiger partial charge < -0.3 is 30.7 Å². The zero-order valence-corrected chi connectivity index (χ0v) is 10.3. The molecule has 1 amide bonds. The lowest BCUT2D eigenvalue weighted by atomic mass is 10.1. The van der Waals surface area contributed by atoms with Gasteiger partial charge in [0.1, 0.15) is 24.1 Å². The van der Waals surface area contributed by atoms with E-state index in [4.69, 9.17) is 15.6 Å². The number of rotatable bonds is 2. The SMILES string of the molecule is NC1NC(=O)c2ncn([C@@H]3O[C@H](CO)C(O)[C@@H]3O)c2N1. The van der Waals surface area contributed by atoms with E-state index >= 15 is 0 Å². The van der Waals surface area contributed by atoms with Gasteiger partial charge in [-0.3, -0.25) is 15.1 Å². The lowest BCUT2D eigenvalue weighted by Gasteiger charge is -2.25. The van der Waals surface area contributed by atoms with Gasteiger partial charge in [0.15, 0.2) is 18.2 Å². The van der Waals surface area contributed by atoms with Crippen LogP contribution in [0.3, 0.4) is 0 Å². The van der Waals surface area contributed by atoms with Crippen LogP contribution in [0.1, 0.15) is 16.7 Å². The second-order valence-electron chi connectivity index (χ2n) is 4.67. The summed E-state index contributed by atoms with van der Waals surface area (Å²) in [7, 11) is 0. The highest BCUT2D eigenvalue weighted by Gasteiger charge is 2.45. The highest BCUT2D eigenvalue weighted by Crippen LogP contribution is 2.33. The van der Waals surface area contributed by atoms with Crippen LogP contribution >= 0.6 is 0 Å². The van der Waals surface area contributed by atoms with Gasteiger partial charge in [-0.25, -0.2) is 4.98 Å². The first-order chi connectivity index (χ1) is 9.52. The predicted molar refractivity (Wildman–Crippen MR) is 64.3 cm³/mol. The van der Waals surface area contributed by atoms with Crippen LogP contribution in [-0.4, -0.2) is 62.0 Å². The van der Waals surface area contributed by atoms with Crippen molar-refractivity contribution in [2.45, 2.75) is 30.8 Å². The smallest absolute Gasteiger partial charge is 0.276 e. The molecular weight excluding hydrogens is 270 g/mol. The number of fused-ring (bicyclic) bond motifs is 1. The first-order valence-electron chi connectivity index (χ1n) is 6.05. The average molecular weight is 285 g/mol. The third-order valence-corrected chi connectivity index (χ3v) is 3.38. The van der Waals surface area contributed by atoms with E-state index in [2.05, 4.69) is 15.6 Å². The number of anilines is 1. The molecule has 1 fully saturated rings. The number of ether oxygens (including phenoxy) is 1. The number of aromatic nitrogens is 2. The van der Waals surface area contributed by atoms with E-state index < -0.39 is 43.3 Å². The molecule has 5 atom stereocenters. The van der Waals surface area contributed by atoms with Crippen molar-refractivity contribution in [1.29, 1.82) is 0 Å². The number of hydrogen-bond acceptors (Lipinski definition) is 8. The molecule has 10 nitrogen and oxygen atoms in total. The first kappa shape index (κ1) is 13.3. The van der Waals surface area contributed by atoms with Gasteiger partial charge in [-0.15, -0.1) is 0 Å². The summed E-state index contributed by atoms with van der Waals surface area (Å²) in [5.41, 5.74) is 5.72. The number of nitrogens with two attached hydrogens (primary N) is 1. The van der Waals surface area contributed by atoms with Gasteiger partial charge in [0, 0.05) is 0 Å². The minimum Gasteiger partial charge on any atom is -0.394 e. The maximum absolute atomic E-state index is 11.7. The summed E-state index contributed by atoms with van der Waals surface area (Å²) < 4.78 is 6.75. The van der Waals surface area contributed by atoms with E-state index in [1.165, 1.54) is 10.9 Å². The molecule has 0 spiro atoms. The molecule has 1 aromatic heterocycles. The normalized spacial score (nSPS) is 36.4. The highest BCUT2D eigenvalue weighted by molar-refractivity contribution is 5.99. The average Bonchev–Trinajstić information content (AvgIpc) is 2.93. The third kappa shape index (κ3) is 1.85. The van der Waals surface area contributed by atoms with Crippen molar-refractivity contribution in [3.8, 4) is 0 Å². The molecule has 0 bridgehead atoms. The van der Waals surface area contributed by atoms with Crippen molar-refractivity contribution in [3.05, 3.63) is 12.0 Å². The molecule has 2 aliphatic heterocycles. The van der Waals surface area contributed by atoms with E-state index in [1.54, 1.807) is 0 Å². The molecule has 7 N–H and O–H groups in total. The molecule has 0 aliphatic carbocycles. The molecule has 0 aromatic carbocycles. The first-order valence-corrected chi connectivity index (χ1v) is 6.05. The van der Waals surface area contributed by atoms with Gasteiger partial charge in [0.25, 0.3) is 5.91 Å². The number of imidazole rings is 1. The van der Waals surface area contributed by atoms with Crippen LogP contribution in [0.2, 0.25) is 0 Å². The summed E-state index contributed by atoms with van der Waals surface area (Å²) in [5, 5.41) is 34.0. The largest absolute Gasteiger partial charge is 0.394 e. The van der Waals surface area contributed by atoms with Crippen LogP contribution < -0.4 is 16.4 Å². The Balaban J connectivity index is 1.94. The molecule has 0 saturated carbocycles. The number of carbonyl (C=O) groups excluding carboxylic acids is 1. The number of carbonyl (C=O) groups is 1. The second kappa shape index (κ2) is 4.68. The Labute approximate surface area is 113 Å². The van der Waals surface area contributed by atoms with Gasteiger partial charge >= 0.3 is 0 Å². The van der Waals surface area contributed by atoms with Crippen LogP contribution in [0, 0.1) is 0 Å². The lowest BCUT2D eigenvalue weighted by molar-refractivity contribution is -0.0519. The second-order valence-corrected chi connectivity index (χ2v) is 4.67. The van der Waals surface area contributed by atoms with Crippen molar-refractivity contribution in [3.63, 3.8) is 0 Å². The zero-order chi connectivity index (χ0) is 14.4. The molecular formula is C10H15N5O5. The van der Waals surface area contributed by atoms with Crippen LogP contribution in [0.25, 0.3) is 0 Å². The Morgan fingerprint density at radius 3 is 2.80 bits per heavy atom. The molecule has 20 heavy (non-hydrogen) atoms. The van der Waals surface area contributed by atoms with Gasteiger partial charge in [-0.05, 0) is 0 Å². The van der Waals surface area contributed by atoms with Gasteiger partial charge in [-0.1, -0.05) is 0 Å². The van der Waals surface area contributed by atoms with Crippen molar-refractivity contribution in [2.75, 3.05) is 11.9 Å². The lowest BCUT2D eigenvalue weighted by Crippen LogP contribution is -2.51. The molecule has 2 unspecified atom stereocenters. The van der Waals surface area contributed by atoms with Crippen molar-refractivity contribution < 1.29 is 24.9 Å². The van der Waals surface area contributed by atoms with Crippen LogP contribution in [-0.2, 0) is 4.74 Å². The maximum Gasteiger partial charge on any atom is 0.276 e. The van der Waals surface area contributed by atoms with Crippen LogP contribution in [0.15, 0.2) is 6.33 Å². The van der Waals surface area contributed by atoms with E-state index in [1.807, 2.05) is 0 Å². The van der Waals surface area contributed by atoms with Gasteiger partial charge in [0.2, 0.25) is 0 Å². The Hall–Kier alpha value is -1.72. The summed E-state index contributed by atoms with van der Waals surface area (Å²) in [6.45, 7) is -0.432. The molecule has 2 aliphatic rings. The molecule has 10 heteroatoms. The number of aliphatic hydroxyl groups is 3. The molecule has 110 valence electrons. The zero-order valence-electron chi connectivity index (χ0n) is 10.3. The van der Waals surface area contributed by atoms with E-state index in [-0.39, 0.29) is 11.5 Å². The fourth-order valence-corrected chi connectivity index (χ4v) is 2.37. The van der Waals surface area contributed by atoms with Gasteiger partial charge in [0.05, 0.1) is 12.9 Å². The van der Waals surface area contributed by atoms with Gasteiger partial charge in [-0.2, -0.15) is 0 Å². The standard InChI is InChI=1S/C10H15N5O5/c11-10-13-7-4(8(19)14-10)12-2-15(7)9-6(18)5(17)3(1-16)20-9/h2-3,5-6,9-10,13,16-18H,1,11H2,(H,14,19)/t3-,5?,6+,9-,10?/m1/s1. The minimum atomic E-state index is -1.26. The number of amides is 1. The number of nitrogens with one attached hydrogen (secondary N) is 2. The maximum atomic E-state index is 11.7. The van der Waals surface area contributed by atoms with E-state index in [0.717, 1.165) is 0 Å². The Kier molecular flexibility index (Phi) is 3.11. The third-order valence-electron chi connectivity index (χ3n) is 3.38. The Morgan fingerprint density at radius 1 is 1.40 bits per heavy atom. The van der Waals surface area contributed by atoms with Crippen molar-refractivity contribution in [1.82, 2.24) is 14.9 Å². The van der Waals surface area contributed by atoms with E-state index in [9.17, 15) is 15.0 Å². The molecule has 0 radical (unpaired) electrons. The monoisotopic (exact) mass is 285 g/mol. The predicted octanol–water partition coefficient (Wildman–Crippen LogP) is -3.11. The number of aliphatic hydroxyl groups excluding tert-OH is 3. The summed E-state index contributed by atoms with van der Waals surface area (Å²) in [6, 6.07) is 0. The number of nitrogens with zero attached hydrogens (tertiary/aromatic N) is 2. The highest BCUT2D eigenvalue weighted by atomic mass is 16.6. The Bertz CT molecular complexity index is 534. The fourth-order valence-electron chi connectivity index (χ4n) is 2.37. The topological polar surface area (TPSA) is 155 Å². The molecule has 1 aromatic rings. The van der Waals surface area contributed by atoms with E-state index in [0.29, 0.717) is 0 Å². The van der Waals surface area contributed by atoms with Crippen LogP contribution in [0.5, 0.6) is 0 Å². The summed E-state index contributed by atoms with van der Waals surface area (Å²) in [4.78, 5) is 15.6. The molecule has 3 rings (SSSR count). The fraction of sp³-hybridized carbons (Fsp3) is 0.600. The molecule has 1 saturated heterocycles. The molecule has 3 heterocycles. The summed E-state index contributed by atoms with van der Waals surface area (Å²) in [5.74, 6) is -0.159. The summed E-state index contributed by atoms with van der Waals surface area (Å²) >= 11 is 0.